The highest BCUT2D eigenvalue weighted by Gasteiger charge is 2.33. The summed E-state index contributed by atoms with van der Waals surface area (Å²) in [6.45, 7) is 3.00. The number of nitrogens with zero attached hydrogens (tertiary/aromatic N) is 3. The van der Waals surface area contributed by atoms with Crippen molar-refractivity contribution in [1.29, 1.82) is 0 Å². The summed E-state index contributed by atoms with van der Waals surface area (Å²) < 4.78 is 40.3. The average molecular weight is 356 g/mol. The number of pyridine rings is 1. The number of aromatic nitrogens is 3. The summed E-state index contributed by atoms with van der Waals surface area (Å²) in [5, 5.41) is 12.3. The minimum absolute atomic E-state index is 0.0478. The standard InChI is InChI=1S/C16H19F3N4O2/c1-15(2,25)7-12(24)22-14-21-11-6-9(16(17,18)19)8-20-13(11)23(14)10-4-3-5-10/h6,8,10,25H,3-5,7H2,1-2H3,(H,21,22,24). The number of amides is 1. The number of alkyl halides is 3. The smallest absolute Gasteiger partial charge is 0.390 e. The second-order valence-electron chi connectivity index (χ2n) is 6.99. The van der Waals surface area contributed by atoms with Crippen LogP contribution in [0, 0.1) is 0 Å². The van der Waals surface area contributed by atoms with Gasteiger partial charge in [0.05, 0.1) is 17.6 Å². The van der Waals surface area contributed by atoms with Crippen LogP contribution in [0.1, 0.15) is 51.1 Å². The van der Waals surface area contributed by atoms with Gasteiger partial charge in [0, 0.05) is 12.2 Å². The Morgan fingerprint density at radius 1 is 1.40 bits per heavy atom. The van der Waals surface area contributed by atoms with Crippen molar-refractivity contribution in [2.75, 3.05) is 5.32 Å². The van der Waals surface area contributed by atoms with Gasteiger partial charge in [-0.2, -0.15) is 13.2 Å². The SMILES string of the molecule is CC(C)(O)CC(=O)Nc1nc2cc(C(F)(F)F)cnc2n1C1CCC1. The summed E-state index contributed by atoms with van der Waals surface area (Å²) in [5.41, 5.74) is -1.68. The molecule has 0 atom stereocenters. The largest absolute Gasteiger partial charge is 0.417 e. The molecule has 2 aromatic rings. The van der Waals surface area contributed by atoms with E-state index >= 15 is 0 Å². The number of rotatable bonds is 4. The van der Waals surface area contributed by atoms with Crippen LogP contribution in [0.15, 0.2) is 12.3 Å². The number of hydrogen-bond acceptors (Lipinski definition) is 4. The van der Waals surface area contributed by atoms with Crippen LogP contribution >= 0.6 is 0 Å². The van der Waals surface area contributed by atoms with E-state index in [-0.39, 0.29) is 23.9 Å². The van der Waals surface area contributed by atoms with Gasteiger partial charge in [-0.15, -0.1) is 0 Å². The first kappa shape index (κ1) is 17.7. The van der Waals surface area contributed by atoms with E-state index in [4.69, 9.17) is 0 Å². The number of hydrogen-bond donors (Lipinski definition) is 2. The molecule has 0 bridgehead atoms. The van der Waals surface area contributed by atoms with Crippen molar-refractivity contribution in [2.24, 2.45) is 0 Å². The number of imidazole rings is 1. The maximum absolute atomic E-state index is 12.9. The summed E-state index contributed by atoms with van der Waals surface area (Å²) in [6, 6.07) is 0.982. The predicted molar refractivity (Wildman–Crippen MR) is 85.0 cm³/mol. The summed E-state index contributed by atoms with van der Waals surface area (Å²) in [4.78, 5) is 20.2. The maximum Gasteiger partial charge on any atom is 0.417 e. The lowest BCUT2D eigenvalue weighted by Crippen LogP contribution is -2.29. The third-order valence-electron chi connectivity index (χ3n) is 4.14. The molecule has 0 saturated heterocycles. The summed E-state index contributed by atoms with van der Waals surface area (Å²) in [5.74, 6) is -0.291. The fraction of sp³-hybridized carbons (Fsp3) is 0.562. The average Bonchev–Trinajstić information content (AvgIpc) is 2.71. The van der Waals surface area contributed by atoms with Gasteiger partial charge in [-0.1, -0.05) is 0 Å². The van der Waals surface area contributed by atoms with E-state index in [0.29, 0.717) is 5.65 Å². The Labute approximate surface area is 142 Å². The number of halogens is 3. The van der Waals surface area contributed by atoms with Gasteiger partial charge in [0.2, 0.25) is 11.9 Å². The maximum atomic E-state index is 12.9. The highest BCUT2D eigenvalue weighted by atomic mass is 19.4. The zero-order valence-electron chi connectivity index (χ0n) is 13.9. The second-order valence-corrected chi connectivity index (χ2v) is 6.99. The van der Waals surface area contributed by atoms with Gasteiger partial charge in [0.1, 0.15) is 5.52 Å². The minimum atomic E-state index is -4.51. The highest BCUT2D eigenvalue weighted by molar-refractivity contribution is 5.91. The Morgan fingerprint density at radius 3 is 2.60 bits per heavy atom. The molecule has 1 saturated carbocycles. The zero-order chi connectivity index (χ0) is 18.4. The van der Waals surface area contributed by atoms with Crippen molar-refractivity contribution < 1.29 is 23.1 Å². The Balaban J connectivity index is 1.99. The molecule has 136 valence electrons. The van der Waals surface area contributed by atoms with E-state index in [2.05, 4.69) is 15.3 Å². The summed E-state index contributed by atoms with van der Waals surface area (Å²) in [6.07, 6.45) is -1.18. The molecule has 0 aromatic carbocycles. The van der Waals surface area contributed by atoms with Crippen LogP contribution in [-0.4, -0.2) is 31.1 Å². The van der Waals surface area contributed by atoms with Crippen molar-refractivity contribution in [3.63, 3.8) is 0 Å². The van der Waals surface area contributed by atoms with E-state index in [1.165, 1.54) is 13.8 Å². The minimum Gasteiger partial charge on any atom is -0.390 e. The quantitative estimate of drug-likeness (QED) is 0.881. The second kappa shape index (κ2) is 5.98. The Hall–Kier alpha value is -2.16. The summed E-state index contributed by atoms with van der Waals surface area (Å²) >= 11 is 0. The lowest BCUT2D eigenvalue weighted by molar-refractivity contribution is -0.137. The van der Waals surface area contributed by atoms with Crippen molar-refractivity contribution in [3.8, 4) is 0 Å². The van der Waals surface area contributed by atoms with Gasteiger partial charge >= 0.3 is 6.18 Å². The van der Waals surface area contributed by atoms with Crippen molar-refractivity contribution in [3.05, 3.63) is 17.8 Å². The molecule has 0 aliphatic heterocycles. The molecule has 2 N–H and O–H groups in total. The van der Waals surface area contributed by atoms with Crippen LogP contribution in [0.5, 0.6) is 0 Å². The van der Waals surface area contributed by atoms with E-state index in [0.717, 1.165) is 31.5 Å². The summed E-state index contributed by atoms with van der Waals surface area (Å²) in [7, 11) is 0. The third-order valence-corrected chi connectivity index (χ3v) is 4.14. The molecule has 6 nitrogen and oxygen atoms in total. The van der Waals surface area contributed by atoms with E-state index in [1.807, 2.05) is 0 Å². The number of carbonyl (C=O) groups excluding carboxylic acids is 1. The third kappa shape index (κ3) is 3.76. The normalized spacial score (nSPS) is 16.1. The lowest BCUT2D eigenvalue weighted by Gasteiger charge is -2.28. The van der Waals surface area contributed by atoms with Crippen LogP contribution in [0.4, 0.5) is 19.1 Å². The Morgan fingerprint density at radius 2 is 2.08 bits per heavy atom. The lowest BCUT2D eigenvalue weighted by atomic mass is 9.93. The number of aliphatic hydroxyl groups is 1. The molecule has 25 heavy (non-hydrogen) atoms. The number of carbonyl (C=O) groups is 1. The van der Waals surface area contributed by atoms with E-state index in [1.54, 1.807) is 4.57 Å². The first-order chi connectivity index (χ1) is 11.5. The zero-order valence-corrected chi connectivity index (χ0v) is 13.9. The fourth-order valence-corrected chi connectivity index (χ4v) is 2.78. The first-order valence-corrected chi connectivity index (χ1v) is 8.02. The molecular formula is C16H19F3N4O2. The molecule has 2 heterocycles. The van der Waals surface area contributed by atoms with E-state index in [9.17, 15) is 23.1 Å². The number of anilines is 1. The van der Waals surface area contributed by atoms with Crippen molar-refractivity contribution >= 4 is 23.0 Å². The van der Waals surface area contributed by atoms with Crippen LogP contribution in [0.25, 0.3) is 11.2 Å². The van der Waals surface area contributed by atoms with Crippen LogP contribution in [-0.2, 0) is 11.0 Å². The van der Waals surface area contributed by atoms with Gasteiger partial charge < -0.3 is 5.11 Å². The first-order valence-electron chi connectivity index (χ1n) is 8.02. The van der Waals surface area contributed by atoms with Crippen LogP contribution < -0.4 is 5.32 Å². The molecule has 1 aliphatic carbocycles. The van der Waals surface area contributed by atoms with Gasteiger partial charge in [0.25, 0.3) is 0 Å². The number of nitrogens with one attached hydrogen (secondary N) is 1. The van der Waals surface area contributed by atoms with Gasteiger partial charge in [-0.3, -0.25) is 14.7 Å². The Kier molecular flexibility index (Phi) is 4.22. The van der Waals surface area contributed by atoms with E-state index < -0.39 is 23.2 Å². The molecule has 0 spiro atoms. The molecule has 1 fully saturated rings. The monoisotopic (exact) mass is 356 g/mol. The molecular weight excluding hydrogens is 337 g/mol. The van der Waals surface area contributed by atoms with Crippen LogP contribution in [0.3, 0.4) is 0 Å². The predicted octanol–water partition coefficient (Wildman–Crippen LogP) is 3.27. The van der Waals surface area contributed by atoms with Crippen molar-refractivity contribution in [1.82, 2.24) is 14.5 Å². The highest BCUT2D eigenvalue weighted by Crippen LogP contribution is 2.38. The topological polar surface area (TPSA) is 80.0 Å². The molecule has 9 heteroatoms. The molecule has 0 radical (unpaired) electrons. The molecule has 1 amide bonds. The molecule has 2 aromatic heterocycles. The van der Waals surface area contributed by atoms with Gasteiger partial charge in [0.15, 0.2) is 5.65 Å². The van der Waals surface area contributed by atoms with Gasteiger partial charge in [-0.05, 0) is 39.2 Å². The number of fused-ring (bicyclic) bond motifs is 1. The molecule has 1 aliphatic rings. The molecule has 0 unspecified atom stereocenters. The molecule has 3 rings (SSSR count). The van der Waals surface area contributed by atoms with Crippen LogP contribution in [0.2, 0.25) is 0 Å². The van der Waals surface area contributed by atoms with Crippen molar-refractivity contribution in [2.45, 2.75) is 57.3 Å². The van der Waals surface area contributed by atoms with Gasteiger partial charge in [-0.25, -0.2) is 9.97 Å². The fourth-order valence-electron chi connectivity index (χ4n) is 2.78. The Bertz CT molecular complexity index is 804.